The standard InChI is InChI=1S/C16H24N2O2/c17-14-7-9-15(10-8-14)20-12-11-18-16(19)13-5-3-1-2-4-6-13/h7-10,13H,1-6,11-12,17H2,(H,18,19). The molecule has 1 saturated carbocycles. The van der Waals surface area contributed by atoms with Crippen molar-refractivity contribution in [2.45, 2.75) is 38.5 Å². The second-order valence-electron chi connectivity index (χ2n) is 5.40. The van der Waals surface area contributed by atoms with Crippen LogP contribution in [0.3, 0.4) is 0 Å². The van der Waals surface area contributed by atoms with E-state index in [0.717, 1.165) is 24.3 Å². The van der Waals surface area contributed by atoms with Crippen molar-refractivity contribution in [2.75, 3.05) is 18.9 Å². The fraction of sp³-hybridized carbons (Fsp3) is 0.562. The third kappa shape index (κ3) is 4.76. The van der Waals surface area contributed by atoms with Crippen molar-refractivity contribution < 1.29 is 9.53 Å². The van der Waals surface area contributed by atoms with Crippen LogP contribution in [0.15, 0.2) is 24.3 Å². The molecule has 0 aromatic heterocycles. The molecule has 3 N–H and O–H groups in total. The van der Waals surface area contributed by atoms with Gasteiger partial charge in [-0.1, -0.05) is 25.7 Å². The highest BCUT2D eigenvalue weighted by Gasteiger charge is 2.19. The van der Waals surface area contributed by atoms with Gasteiger partial charge in [-0.05, 0) is 37.1 Å². The van der Waals surface area contributed by atoms with E-state index in [1.807, 2.05) is 12.1 Å². The van der Waals surface area contributed by atoms with Crippen LogP contribution in [0.1, 0.15) is 38.5 Å². The Bertz CT molecular complexity index is 409. The lowest BCUT2D eigenvalue weighted by Crippen LogP contribution is -2.33. The molecule has 0 saturated heterocycles. The number of nitrogens with one attached hydrogen (secondary N) is 1. The minimum atomic E-state index is 0.188. The lowest BCUT2D eigenvalue weighted by molar-refractivity contribution is -0.125. The number of ether oxygens (including phenoxy) is 1. The summed E-state index contributed by atoms with van der Waals surface area (Å²) in [6.07, 6.45) is 6.96. The van der Waals surface area contributed by atoms with E-state index < -0.39 is 0 Å². The Hall–Kier alpha value is -1.71. The lowest BCUT2D eigenvalue weighted by atomic mass is 10.00. The molecule has 0 heterocycles. The van der Waals surface area contributed by atoms with E-state index in [1.54, 1.807) is 12.1 Å². The van der Waals surface area contributed by atoms with E-state index in [9.17, 15) is 4.79 Å². The van der Waals surface area contributed by atoms with Crippen molar-refractivity contribution in [2.24, 2.45) is 5.92 Å². The van der Waals surface area contributed by atoms with E-state index >= 15 is 0 Å². The summed E-state index contributed by atoms with van der Waals surface area (Å²) in [4.78, 5) is 12.0. The summed E-state index contributed by atoms with van der Waals surface area (Å²) in [6.45, 7) is 1.04. The van der Waals surface area contributed by atoms with Crippen molar-refractivity contribution in [3.63, 3.8) is 0 Å². The largest absolute Gasteiger partial charge is 0.492 e. The van der Waals surface area contributed by atoms with E-state index in [2.05, 4.69) is 5.32 Å². The number of rotatable bonds is 5. The number of nitrogen functional groups attached to an aromatic ring is 1. The Balaban J connectivity index is 1.64. The SMILES string of the molecule is Nc1ccc(OCCNC(=O)C2CCCCCC2)cc1. The first-order valence-electron chi connectivity index (χ1n) is 7.52. The predicted octanol–water partition coefficient (Wildman–Crippen LogP) is 2.73. The first kappa shape index (κ1) is 14.7. The van der Waals surface area contributed by atoms with Gasteiger partial charge in [0.05, 0.1) is 6.54 Å². The van der Waals surface area contributed by atoms with Crippen LogP contribution in [0.2, 0.25) is 0 Å². The van der Waals surface area contributed by atoms with Crippen molar-refractivity contribution in [3.8, 4) is 5.75 Å². The number of benzene rings is 1. The molecule has 0 spiro atoms. The Morgan fingerprint density at radius 1 is 1.15 bits per heavy atom. The summed E-state index contributed by atoms with van der Waals surface area (Å²) in [5.41, 5.74) is 6.33. The second-order valence-corrected chi connectivity index (χ2v) is 5.40. The van der Waals surface area contributed by atoms with Crippen LogP contribution in [0.4, 0.5) is 5.69 Å². The third-order valence-electron chi connectivity index (χ3n) is 3.78. The monoisotopic (exact) mass is 276 g/mol. The molecule has 1 aromatic rings. The molecular formula is C16H24N2O2. The average Bonchev–Trinajstić information content (AvgIpc) is 2.74. The van der Waals surface area contributed by atoms with Gasteiger partial charge >= 0.3 is 0 Å². The highest BCUT2D eigenvalue weighted by Crippen LogP contribution is 2.22. The molecule has 0 radical (unpaired) electrons. The Morgan fingerprint density at radius 3 is 2.45 bits per heavy atom. The maximum absolute atomic E-state index is 12.0. The number of hydrogen-bond acceptors (Lipinski definition) is 3. The minimum absolute atomic E-state index is 0.188. The van der Waals surface area contributed by atoms with Gasteiger partial charge in [0.2, 0.25) is 5.91 Å². The first-order chi connectivity index (χ1) is 9.75. The Kier molecular flexibility index (Phi) is 5.71. The zero-order valence-corrected chi connectivity index (χ0v) is 11.9. The predicted molar refractivity (Wildman–Crippen MR) is 80.6 cm³/mol. The van der Waals surface area contributed by atoms with Gasteiger partial charge in [0, 0.05) is 11.6 Å². The molecule has 1 amide bonds. The fourth-order valence-corrected chi connectivity index (χ4v) is 2.59. The smallest absolute Gasteiger partial charge is 0.223 e. The van der Waals surface area contributed by atoms with Gasteiger partial charge in [-0.3, -0.25) is 4.79 Å². The van der Waals surface area contributed by atoms with Gasteiger partial charge < -0.3 is 15.8 Å². The molecule has 0 unspecified atom stereocenters. The molecule has 20 heavy (non-hydrogen) atoms. The molecule has 110 valence electrons. The summed E-state index contributed by atoms with van der Waals surface area (Å²) in [5, 5.41) is 2.97. The molecule has 0 bridgehead atoms. The Morgan fingerprint density at radius 2 is 1.80 bits per heavy atom. The highest BCUT2D eigenvalue weighted by atomic mass is 16.5. The molecule has 1 aromatic carbocycles. The topological polar surface area (TPSA) is 64.3 Å². The van der Waals surface area contributed by atoms with E-state index in [1.165, 1.54) is 25.7 Å². The maximum Gasteiger partial charge on any atom is 0.223 e. The number of anilines is 1. The summed E-state index contributed by atoms with van der Waals surface area (Å²) >= 11 is 0. The average molecular weight is 276 g/mol. The summed E-state index contributed by atoms with van der Waals surface area (Å²) in [7, 11) is 0. The second kappa shape index (κ2) is 7.78. The summed E-state index contributed by atoms with van der Waals surface area (Å²) < 4.78 is 5.55. The summed E-state index contributed by atoms with van der Waals surface area (Å²) in [5.74, 6) is 1.17. The minimum Gasteiger partial charge on any atom is -0.492 e. The number of amides is 1. The zero-order chi connectivity index (χ0) is 14.2. The van der Waals surface area contributed by atoms with Crippen LogP contribution < -0.4 is 15.8 Å². The highest BCUT2D eigenvalue weighted by molar-refractivity contribution is 5.78. The van der Waals surface area contributed by atoms with Gasteiger partial charge in [0.1, 0.15) is 12.4 Å². The van der Waals surface area contributed by atoms with Gasteiger partial charge in [0.15, 0.2) is 0 Å². The Labute approximate surface area is 120 Å². The molecule has 4 heteroatoms. The van der Waals surface area contributed by atoms with Crippen molar-refractivity contribution in [1.29, 1.82) is 0 Å². The van der Waals surface area contributed by atoms with E-state index in [0.29, 0.717) is 13.2 Å². The molecule has 0 atom stereocenters. The lowest BCUT2D eigenvalue weighted by Gasteiger charge is -2.14. The van der Waals surface area contributed by atoms with E-state index in [-0.39, 0.29) is 11.8 Å². The van der Waals surface area contributed by atoms with Crippen LogP contribution in [0.25, 0.3) is 0 Å². The normalized spacial score (nSPS) is 16.4. The first-order valence-corrected chi connectivity index (χ1v) is 7.52. The van der Waals surface area contributed by atoms with Gasteiger partial charge in [-0.15, -0.1) is 0 Å². The van der Waals surface area contributed by atoms with Crippen LogP contribution in [-0.4, -0.2) is 19.1 Å². The molecule has 1 fully saturated rings. The van der Waals surface area contributed by atoms with Crippen LogP contribution in [-0.2, 0) is 4.79 Å². The van der Waals surface area contributed by atoms with Crippen LogP contribution >= 0.6 is 0 Å². The quantitative estimate of drug-likeness (QED) is 0.494. The van der Waals surface area contributed by atoms with Gasteiger partial charge in [0.25, 0.3) is 0 Å². The van der Waals surface area contributed by atoms with Crippen LogP contribution in [0.5, 0.6) is 5.75 Å². The van der Waals surface area contributed by atoms with Gasteiger partial charge in [-0.2, -0.15) is 0 Å². The number of nitrogens with two attached hydrogens (primary N) is 1. The van der Waals surface area contributed by atoms with Crippen molar-refractivity contribution >= 4 is 11.6 Å². The maximum atomic E-state index is 12.0. The van der Waals surface area contributed by atoms with Crippen molar-refractivity contribution in [1.82, 2.24) is 5.32 Å². The number of carbonyl (C=O) groups is 1. The molecule has 0 aliphatic heterocycles. The molecule has 1 aliphatic rings. The molecule has 4 nitrogen and oxygen atoms in total. The van der Waals surface area contributed by atoms with Crippen LogP contribution in [0, 0.1) is 5.92 Å². The summed E-state index contributed by atoms with van der Waals surface area (Å²) in [6, 6.07) is 7.28. The molecular weight excluding hydrogens is 252 g/mol. The van der Waals surface area contributed by atoms with E-state index in [4.69, 9.17) is 10.5 Å². The molecule has 1 aliphatic carbocycles. The molecule has 2 rings (SSSR count). The fourth-order valence-electron chi connectivity index (χ4n) is 2.59. The third-order valence-corrected chi connectivity index (χ3v) is 3.78. The van der Waals surface area contributed by atoms with Crippen molar-refractivity contribution in [3.05, 3.63) is 24.3 Å². The number of hydrogen-bond donors (Lipinski definition) is 2. The number of carbonyl (C=O) groups excluding carboxylic acids is 1. The van der Waals surface area contributed by atoms with Gasteiger partial charge in [-0.25, -0.2) is 0 Å². The zero-order valence-electron chi connectivity index (χ0n) is 11.9.